The van der Waals surface area contributed by atoms with Gasteiger partial charge in [-0.25, -0.2) is 0 Å². The molecule has 0 saturated heterocycles. The first-order chi connectivity index (χ1) is 8.59. The Labute approximate surface area is 110 Å². The third-order valence-corrected chi connectivity index (χ3v) is 3.94. The van der Waals surface area contributed by atoms with Gasteiger partial charge in [-0.1, -0.05) is 45.2 Å². The molecule has 2 heteroatoms. The van der Waals surface area contributed by atoms with E-state index in [1.54, 1.807) is 0 Å². The van der Waals surface area contributed by atoms with E-state index in [0.29, 0.717) is 5.92 Å². The number of rotatable bonds is 3. The van der Waals surface area contributed by atoms with Crippen LogP contribution in [0.15, 0.2) is 18.2 Å². The van der Waals surface area contributed by atoms with Crippen LogP contribution < -0.4 is 5.73 Å². The van der Waals surface area contributed by atoms with Crippen LogP contribution in [0.4, 0.5) is 5.69 Å². The molecule has 98 valence electrons. The fourth-order valence-electron chi connectivity index (χ4n) is 2.85. The number of ketones is 1. The Morgan fingerprint density at radius 2 is 1.89 bits per heavy atom. The summed E-state index contributed by atoms with van der Waals surface area (Å²) in [6.07, 6.45) is 6.43. The SMILES string of the molecule is CC(C)C(=O)c1ccc(C2CCCCC2)c(N)c1. The van der Waals surface area contributed by atoms with Gasteiger partial charge in [0, 0.05) is 17.2 Å². The van der Waals surface area contributed by atoms with Gasteiger partial charge in [0.2, 0.25) is 0 Å². The van der Waals surface area contributed by atoms with Gasteiger partial charge in [0.05, 0.1) is 0 Å². The van der Waals surface area contributed by atoms with Crippen molar-refractivity contribution in [1.82, 2.24) is 0 Å². The standard InChI is InChI=1S/C16H23NO/c1-11(2)16(18)13-8-9-14(15(17)10-13)12-6-4-3-5-7-12/h8-12H,3-7,17H2,1-2H3. The zero-order valence-corrected chi connectivity index (χ0v) is 11.4. The van der Waals surface area contributed by atoms with Gasteiger partial charge in [0.25, 0.3) is 0 Å². The summed E-state index contributed by atoms with van der Waals surface area (Å²) in [5.74, 6) is 0.809. The zero-order valence-electron chi connectivity index (χ0n) is 11.4. The molecule has 2 rings (SSSR count). The van der Waals surface area contributed by atoms with Crippen molar-refractivity contribution in [2.24, 2.45) is 5.92 Å². The number of nitrogens with two attached hydrogens (primary N) is 1. The maximum Gasteiger partial charge on any atom is 0.165 e. The molecule has 2 nitrogen and oxygen atoms in total. The molecule has 0 heterocycles. The summed E-state index contributed by atoms with van der Waals surface area (Å²) < 4.78 is 0. The lowest BCUT2D eigenvalue weighted by molar-refractivity contribution is 0.0939. The number of carbonyl (C=O) groups excluding carboxylic acids is 1. The van der Waals surface area contributed by atoms with E-state index in [-0.39, 0.29) is 11.7 Å². The average molecular weight is 245 g/mol. The summed E-state index contributed by atoms with van der Waals surface area (Å²) in [5, 5.41) is 0. The van der Waals surface area contributed by atoms with Crippen LogP contribution in [-0.2, 0) is 0 Å². The molecule has 18 heavy (non-hydrogen) atoms. The largest absolute Gasteiger partial charge is 0.398 e. The van der Waals surface area contributed by atoms with Crippen LogP contribution in [0.25, 0.3) is 0 Å². The molecule has 1 aromatic rings. The van der Waals surface area contributed by atoms with Crippen LogP contribution in [0.5, 0.6) is 0 Å². The third kappa shape index (κ3) is 2.74. The topological polar surface area (TPSA) is 43.1 Å². The smallest absolute Gasteiger partial charge is 0.165 e. The minimum Gasteiger partial charge on any atom is -0.398 e. The van der Waals surface area contributed by atoms with Gasteiger partial charge in [0.15, 0.2) is 5.78 Å². The number of nitrogen functional groups attached to an aromatic ring is 1. The van der Waals surface area contributed by atoms with E-state index < -0.39 is 0 Å². The van der Waals surface area contributed by atoms with Gasteiger partial charge in [-0.05, 0) is 30.4 Å². The molecule has 1 fully saturated rings. The second-order valence-electron chi connectivity index (χ2n) is 5.70. The number of hydrogen-bond acceptors (Lipinski definition) is 2. The summed E-state index contributed by atoms with van der Waals surface area (Å²) in [7, 11) is 0. The third-order valence-electron chi connectivity index (χ3n) is 3.94. The van der Waals surface area contributed by atoms with Gasteiger partial charge in [-0.15, -0.1) is 0 Å². The zero-order chi connectivity index (χ0) is 13.1. The van der Waals surface area contributed by atoms with Crippen LogP contribution in [0.1, 0.15) is 67.8 Å². The minimum atomic E-state index is 0.0323. The first kappa shape index (κ1) is 13.1. The summed E-state index contributed by atoms with van der Waals surface area (Å²) in [6, 6.07) is 5.88. The highest BCUT2D eigenvalue weighted by Gasteiger charge is 2.19. The molecule has 0 bridgehead atoms. The predicted molar refractivity (Wildman–Crippen MR) is 75.8 cm³/mol. The molecule has 0 unspecified atom stereocenters. The normalized spacial score (nSPS) is 17.1. The van der Waals surface area contributed by atoms with E-state index in [0.717, 1.165) is 11.3 Å². The Morgan fingerprint density at radius 1 is 1.22 bits per heavy atom. The Hall–Kier alpha value is -1.31. The predicted octanol–water partition coefficient (Wildman–Crippen LogP) is 4.16. The summed E-state index contributed by atoms with van der Waals surface area (Å²) in [4.78, 5) is 11.9. The van der Waals surface area contributed by atoms with Crippen LogP contribution in [-0.4, -0.2) is 5.78 Å². The Morgan fingerprint density at radius 3 is 2.44 bits per heavy atom. The fourth-order valence-corrected chi connectivity index (χ4v) is 2.85. The highest BCUT2D eigenvalue weighted by molar-refractivity contribution is 5.98. The van der Waals surface area contributed by atoms with Crippen LogP contribution in [0.3, 0.4) is 0 Å². The lowest BCUT2D eigenvalue weighted by Crippen LogP contribution is -2.11. The van der Waals surface area contributed by atoms with E-state index in [4.69, 9.17) is 5.73 Å². The number of Topliss-reactive ketones (excluding diaryl/α,β-unsaturated/α-hetero) is 1. The minimum absolute atomic E-state index is 0.0323. The van der Waals surface area contributed by atoms with Gasteiger partial charge >= 0.3 is 0 Å². The number of anilines is 1. The van der Waals surface area contributed by atoms with Crippen LogP contribution >= 0.6 is 0 Å². The van der Waals surface area contributed by atoms with Gasteiger partial charge in [0.1, 0.15) is 0 Å². The van der Waals surface area contributed by atoms with Crippen molar-refractivity contribution >= 4 is 11.5 Å². The molecule has 2 N–H and O–H groups in total. The van der Waals surface area contributed by atoms with Crippen molar-refractivity contribution in [3.8, 4) is 0 Å². The van der Waals surface area contributed by atoms with Crippen LogP contribution in [0.2, 0.25) is 0 Å². The van der Waals surface area contributed by atoms with E-state index >= 15 is 0 Å². The summed E-state index contributed by atoms with van der Waals surface area (Å²) in [6.45, 7) is 3.85. The second-order valence-corrected chi connectivity index (χ2v) is 5.70. The molecule has 0 aliphatic heterocycles. The fraction of sp³-hybridized carbons (Fsp3) is 0.562. The molecule has 0 aromatic heterocycles. The first-order valence-corrected chi connectivity index (χ1v) is 7.03. The van der Waals surface area contributed by atoms with Crippen molar-refractivity contribution in [1.29, 1.82) is 0 Å². The highest BCUT2D eigenvalue weighted by atomic mass is 16.1. The Balaban J connectivity index is 2.21. The summed E-state index contributed by atoms with van der Waals surface area (Å²) in [5.41, 5.74) is 8.93. The van der Waals surface area contributed by atoms with Crippen molar-refractivity contribution in [2.45, 2.75) is 51.9 Å². The molecule has 1 aromatic carbocycles. The van der Waals surface area contributed by atoms with E-state index in [2.05, 4.69) is 6.07 Å². The monoisotopic (exact) mass is 245 g/mol. The van der Waals surface area contributed by atoms with Gasteiger partial charge in [-0.3, -0.25) is 4.79 Å². The molecule has 1 aliphatic carbocycles. The van der Waals surface area contributed by atoms with Gasteiger partial charge < -0.3 is 5.73 Å². The molecule has 1 aliphatic rings. The molecular weight excluding hydrogens is 222 g/mol. The number of hydrogen-bond donors (Lipinski definition) is 1. The van der Waals surface area contributed by atoms with Crippen molar-refractivity contribution in [3.05, 3.63) is 29.3 Å². The second kappa shape index (κ2) is 5.55. The van der Waals surface area contributed by atoms with Crippen molar-refractivity contribution in [3.63, 3.8) is 0 Å². The highest BCUT2D eigenvalue weighted by Crippen LogP contribution is 2.35. The Bertz CT molecular complexity index is 431. The molecule has 0 spiro atoms. The van der Waals surface area contributed by atoms with Crippen LogP contribution in [0, 0.1) is 5.92 Å². The average Bonchev–Trinajstić information content (AvgIpc) is 2.38. The van der Waals surface area contributed by atoms with E-state index in [1.807, 2.05) is 26.0 Å². The van der Waals surface area contributed by atoms with Crippen molar-refractivity contribution < 1.29 is 4.79 Å². The number of benzene rings is 1. The molecular formula is C16H23NO. The quantitative estimate of drug-likeness (QED) is 0.642. The lowest BCUT2D eigenvalue weighted by Gasteiger charge is -2.23. The Kier molecular flexibility index (Phi) is 4.05. The molecule has 0 radical (unpaired) electrons. The first-order valence-electron chi connectivity index (χ1n) is 7.03. The molecule has 0 amide bonds. The molecule has 0 atom stereocenters. The maximum absolute atomic E-state index is 11.9. The molecule has 1 saturated carbocycles. The van der Waals surface area contributed by atoms with Crippen molar-refractivity contribution in [2.75, 3.05) is 5.73 Å². The lowest BCUT2D eigenvalue weighted by atomic mass is 9.82. The van der Waals surface area contributed by atoms with Gasteiger partial charge in [-0.2, -0.15) is 0 Å². The van der Waals surface area contributed by atoms with E-state index in [9.17, 15) is 4.79 Å². The maximum atomic E-state index is 11.9. The van der Waals surface area contributed by atoms with E-state index in [1.165, 1.54) is 37.7 Å². The summed E-state index contributed by atoms with van der Waals surface area (Å²) >= 11 is 0. The number of carbonyl (C=O) groups is 1.